The third kappa shape index (κ3) is 3.08. The van der Waals surface area contributed by atoms with Crippen LogP contribution in [-0.2, 0) is 6.54 Å². The maximum absolute atomic E-state index is 5.58. The molecule has 0 aliphatic carbocycles. The van der Waals surface area contributed by atoms with Crippen LogP contribution in [0.25, 0.3) is 11.3 Å². The van der Waals surface area contributed by atoms with Crippen molar-refractivity contribution >= 4 is 5.95 Å². The zero-order valence-corrected chi connectivity index (χ0v) is 12.0. The fraction of sp³-hybridized carbons (Fsp3) is 0.188. The van der Waals surface area contributed by atoms with E-state index in [1.54, 1.807) is 18.6 Å². The summed E-state index contributed by atoms with van der Waals surface area (Å²) < 4.78 is 5.58. The maximum atomic E-state index is 5.58. The Labute approximate surface area is 123 Å². The van der Waals surface area contributed by atoms with Gasteiger partial charge in [-0.15, -0.1) is 0 Å². The molecule has 0 atom stereocenters. The Morgan fingerprint density at radius 1 is 1.14 bits per heavy atom. The smallest absolute Gasteiger partial charge is 0.226 e. The second-order valence-electron chi connectivity index (χ2n) is 4.85. The molecule has 0 bridgehead atoms. The van der Waals surface area contributed by atoms with E-state index in [1.807, 2.05) is 49.2 Å². The lowest BCUT2D eigenvalue weighted by Crippen LogP contribution is -2.18. The van der Waals surface area contributed by atoms with Gasteiger partial charge in [0.2, 0.25) is 5.95 Å². The molecule has 0 unspecified atom stereocenters. The number of nitrogens with zero attached hydrogens (tertiary/aromatic N) is 4. The third-order valence-corrected chi connectivity index (χ3v) is 3.13. The average Bonchev–Trinajstić information content (AvgIpc) is 2.93. The van der Waals surface area contributed by atoms with Gasteiger partial charge in [-0.25, -0.2) is 9.97 Å². The average molecular weight is 280 g/mol. The van der Waals surface area contributed by atoms with Crippen molar-refractivity contribution < 1.29 is 4.42 Å². The lowest BCUT2D eigenvalue weighted by atomic mass is 10.2. The maximum Gasteiger partial charge on any atom is 0.226 e. The van der Waals surface area contributed by atoms with E-state index in [0.29, 0.717) is 12.5 Å². The normalized spacial score (nSPS) is 10.6. The van der Waals surface area contributed by atoms with Gasteiger partial charge in [-0.05, 0) is 37.3 Å². The number of hydrogen-bond donors (Lipinski definition) is 0. The molecule has 0 saturated carbocycles. The fourth-order valence-corrected chi connectivity index (χ4v) is 2.08. The summed E-state index contributed by atoms with van der Waals surface area (Å²) in [6.07, 6.45) is 5.30. The Kier molecular flexibility index (Phi) is 3.64. The number of hydrogen-bond acceptors (Lipinski definition) is 5. The lowest BCUT2D eigenvalue weighted by Gasteiger charge is -2.16. The Morgan fingerprint density at radius 2 is 2.05 bits per heavy atom. The molecule has 3 rings (SSSR count). The molecular weight excluding hydrogens is 264 g/mol. The molecule has 0 saturated heterocycles. The first-order valence-electron chi connectivity index (χ1n) is 6.72. The minimum Gasteiger partial charge on any atom is -0.464 e. The number of furan rings is 1. The molecule has 3 aromatic rings. The molecule has 0 N–H and O–H groups in total. The van der Waals surface area contributed by atoms with E-state index in [4.69, 9.17) is 4.42 Å². The summed E-state index contributed by atoms with van der Waals surface area (Å²) >= 11 is 0. The summed E-state index contributed by atoms with van der Waals surface area (Å²) in [7, 11) is 1.94. The SMILES string of the molecule is Cc1ccc(CN(C)c2nccc(-c3cccnc3)n2)o1. The standard InChI is InChI=1S/C16H16N4O/c1-12-5-6-14(21-12)11-20(2)16-18-9-7-15(19-16)13-4-3-8-17-10-13/h3-10H,11H2,1-2H3. The van der Waals surface area contributed by atoms with Crippen LogP contribution in [0.1, 0.15) is 11.5 Å². The number of pyridine rings is 1. The van der Waals surface area contributed by atoms with E-state index in [0.717, 1.165) is 22.8 Å². The van der Waals surface area contributed by atoms with Crippen molar-refractivity contribution in [2.45, 2.75) is 13.5 Å². The third-order valence-electron chi connectivity index (χ3n) is 3.13. The Morgan fingerprint density at radius 3 is 2.76 bits per heavy atom. The van der Waals surface area contributed by atoms with E-state index in [-0.39, 0.29) is 0 Å². The van der Waals surface area contributed by atoms with Crippen molar-refractivity contribution in [1.82, 2.24) is 15.0 Å². The summed E-state index contributed by atoms with van der Waals surface area (Å²) in [6, 6.07) is 9.68. The molecule has 0 aliphatic heterocycles. The van der Waals surface area contributed by atoms with Crippen LogP contribution in [0.2, 0.25) is 0 Å². The second-order valence-corrected chi connectivity index (χ2v) is 4.85. The van der Waals surface area contributed by atoms with Gasteiger partial charge in [0.25, 0.3) is 0 Å². The second kappa shape index (κ2) is 5.75. The van der Waals surface area contributed by atoms with Crippen LogP contribution < -0.4 is 4.90 Å². The van der Waals surface area contributed by atoms with Gasteiger partial charge in [0.15, 0.2) is 0 Å². The highest BCUT2D eigenvalue weighted by molar-refractivity contribution is 5.58. The van der Waals surface area contributed by atoms with Gasteiger partial charge in [0, 0.05) is 31.2 Å². The molecule has 3 aromatic heterocycles. The number of aromatic nitrogens is 3. The molecule has 21 heavy (non-hydrogen) atoms. The highest BCUT2D eigenvalue weighted by Gasteiger charge is 2.09. The van der Waals surface area contributed by atoms with Gasteiger partial charge >= 0.3 is 0 Å². The van der Waals surface area contributed by atoms with Gasteiger partial charge in [-0.1, -0.05) is 0 Å². The van der Waals surface area contributed by atoms with Crippen LogP contribution in [0.15, 0.2) is 53.3 Å². The molecule has 0 amide bonds. The van der Waals surface area contributed by atoms with Crippen LogP contribution in [0, 0.1) is 6.92 Å². The van der Waals surface area contributed by atoms with Crippen LogP contribution >= 0.6 is 0 Å². The van der Waals surface area contributed by atoms with Crippen molar-refractivity contribution in [3.05, 3.63) is 60.4 Å². The Balaban J connectivity index is 1.82. The summed E-state index contributed by atoms with van der Waals surface area (Å²) in [5.41, 5.74) is 1.83. The summed E-state index contributed by atoms with van der Waals surface area (Å²) in [6.45, 7) is 2.56. The fourth-order valence-electron chi connectivity index (χ4n) is 2.08. The zero-order chi connectivity index (χ0) is 14.7. The van der Waals surface area contributed by atoms with E-state index in [2.05, 4.69) is 15.0 Å². The minimum atomic E-state index is 0.629. The van der Waals surface area contributed by atoms with Crippen molar-refractivity contribution in [2.24, 2.45) is 0 Å². The van der Waals surface area contributed by atoms with Crippen molar-refractivity contribution in [3.63, 3.8) is 0 Å². The summed E-state index contributed by atoms with van der Waals surface area (Å²) in [4.78, 5) is 15.0. The van der Waals surface area contributed by atoms with Crippen LogP contribution in [-0.4, -0.2) is 22.0 Å². The van der Waals surface area contributed by atoms with Crippen molar-refractivity contribution in [1.29, 1.82) is 0 Å². The van der Waals surface area contributed by atoms with E-state index >= 15 is 0 Å². The predicted molar refractivity (Wildman–Crippen MR) is 80.8 cm³/mol. The molecule has 0 radical (unpaired) electrons. The molecule has 0 aliphatic rings. The predicted octanol–water partition coefficient (Wildman–Crippen LogP) is 3.08. The first kappa shape index (κ1) is 13.3. The summed E-state index contributed by atoms with van der Waals surface area (Å²) in [5, 5.41) is 0. The van der Waals surface area contributed by atoms with Crippen LogP contribution in [0.4, 0.5) is 5.95 Å². The first-order valence-corrected chi connectivity index (χ1v) is 6.72. The number of rotatable bonds is 4. The van der Waals surface area contributed by atoms with Gasteiger partial charge in [-0.3, -0.25) is 4.98 Å². The van der Waals surface area contributed by atoms with Crippen LogP contribution in [0.5, 0.6) is 0 Å². The molecule has 5 nitrogen and oxygen atoms in total. The van der Waals surface area contributed by atoms with Crippen LogP contribution in [0.3, 0.4) is 0 Å². The quantitative estimate of drug-likeness (QED) is 0.735. The Bertz CT molecular complexity index is 724. The number of anilines is 1. The minimum absolute atomic E-state index is 0.629. The molecular formula is C16H16N4O. The molecule has 5 heteroatoms. The highest BCUT2D eigenvalue weighted by atomic mass is 16.3. The molecule has 0 spiro atoms. The lowest BCUT2D eigenvalue weighted by molar-refractivity contribution is 0.480. The monoisotopic (exact) mass is 280 g/mol. The van der Waals surface area contributed by atoms with E-state index in [9.17, 15) is 0 Å². The molecule has 0 aromatic carbocycles. The van der Waals surface area contributed by atoms with Gasteiger partial charge < -0.3 is 9.32 Å². The Hall–Kier alpha value is -2.69. The molecule has 106 valence electrons. The topological polar surface area (TPSA) is 55.1 Å². The number of aryl methyl sites for hydroxylation is 1. The first-order chi connectivity index (χ1) is 10.2. The van der Waals surface area contributed by atoms with E-state index in [1.165, 1.54) is 0 Å². The zero-order valence-electron chi connectivity index (χ0n) is 12.0. The van der Waals surface area contributed by atoms with Gasteiger partial charge in [-0.2, -0.15) is 0 Å². The van der Waals surface area contributed by atoms with Gasteiger partial charge in [0.1, 0.15) is 11.5 Å². The highest BCUT2D eigenvalue weighted by Crippen LogP contribution is 2.18. The molecule has 3 heterocycles. The van der Waals surface area contributed by atoms with Crippen molar-refractivity contribution in [2.75, 3.05) is 11.9 Å². The molecule has 0 fully saturated rings. The van der Waals surface area contributed by atoms with Gasteiger partial charge in [0.05, 0.1) is 12.2 Å². The van der Waals surface area contributed by atoms with E-state index < -0.39 is 0 Å². The largest absolute Gasteiger partial charge is 0.464 e. The summed E-state index contributed by atoms with van der Waals surface area (Å²) in [5.74, 6) is 2.46. The van der Waals surface area contributed by atoms with Crippen molar-refractivity contribution in [3.8, 4) is 11.3 Å².